The standard InChI is InChI=1S/C17H21N3O3/c21-16(20-23)10-9-13-7-4-8-15(11-13)17(22)19-18-12-14-5-2-1-3-6-14/h4,7-12,14,23H,1-3,5-6H2,(H,19,22)(H,20,21)/b10-9+,18-12+. The zero-order valence-corrected chi connectivity index (χ0v) is 12.9. The number of hydrazone groups is 1. The molecule has 0 heterocycles. The summed E-state index contributed by atoms with van der Waals surface area (Å²) in [6, 6.07) is 6.79. The van der Waals surface area contributed by atoms with Gasteiger partial charge in [-0.3, -0.25) is 14.8 Å². The second-order valence-corrected chi connectivity index (χ2v) is 5.55. The van der Waals surface area contributed by atoms with Crippen molar-refractivity contribution in [1.82, 2.24) is 10.9 Å². The molecular formula is C17H21N3O3. The van der Waals surface area contributed by atoms with Crippen LogP contribution >= 0.6 is 0 Å². The van der Waals surface area contributed by atoms with Gasteiger partial charge in [0.05, 0.1) is 0 Å². The lowest BCUT2D eigenvalue weighted by Crippen LogP contribution is -2.19. The Kier molecular flexibility index (Phi) is 6.50. The van der Waals surface area contributed by atoms with Gasteiger partial charge >= 0.3 is 0 Å². The van der Waals surface area contributed by atoms with Gasteiger partial charge in [-0.2, -0.15) is 5.10 Å². The van der Waals surface area contributed by atoms with E-state index in [0.29, 0.717) is 17.0 Å². The molecule has 1 aliphatic carbocycles. The maximum absolute atomic E-state index is 12.1. The van der Waals surface area contributed by atoms with Crippen molar-refractivity contribution in [1.29, 1.82) is 0 Å². The van der Waals surface area contributed by atoms with Gasteiger partial charge in [0.15, 0.2) is 0 Å². The third-order valence-corrected chi connectivity index (χ3v) is 3.79. The average Bonchev–Trinajstić information content (AvgIpc) is 2.60. The minimum absolute atomic E-state index is 0.293. The highest BCUT2D eigenvalue weighted by atomic mass is 16.5. The van der Waals surface area contributed by atoms with Gasteiger partial charge in [0, 0.05) is 17.9 Å². The van der Waals surface area contributed by atoms with Gasteiger partial charge in [0.1, 0.15) is 0 Å². The van der Waals surface area contributed by atoms with Crippen LogP contribution in [0.3, 0.4) is 0 Å². The predicted molar refractivity (Wildman–Crippen MR) is 87.9 cm³/mol. The molecule has 1 aromatic carbocycles. The lowest BCUT2D eigenvalue weighted by molar-refractivity contribution is -0.124. The molecule has 2 amide bonds. The molecule has 3 N–H and O–H groups in total. The fourth-order valence-corrected chi connectivity index (χ4v) is 2.54. The first-order valence-corrected chi connectivity index (χ1v) is 7.75. The summed E-state index contributed by atoms with van der Waals surface area (Å²) in [4.78, 5) is 23.0. The highest BCUT2D eigenvalue weighted by Gasteiger charge is 2.11. The summed E-state index contributed by atoms with van der Waals surface area (Å²) >= 11 is 0. The number of carbonyl (C=O) groups excluding carboxylic acids is 2. The SMILES string of the molecule is O=C(/C=C/c1cccc(C(=O)N/N=C/C2CCCCC2)c1)NO. The lowest BCUT2D eigenvalue weighted by Gasteiger charge is -2.16. The van der Waals surface area contributed by atoms with E-state index in [9.17, 15) is 9.59 Å². The van der Waals surface area contributed by atoms with Crippen molar-refractivity contribution in [2.45, 2.75) is 32.1 Å². The zero-order valence-electron chi connectivity index (χ0n) is 12.9. The van der Waals surface area contributed by atoms with Crippen LogP contribution < -0.4 is 10.9 Å². The summed E-state index contributed by atoms with van der Waals surface area (Å²) in [5.74, 6) is -0.467. The number of amides is 2. The van der Waals surface area contributed by atoms with Gasteiger partial charge in [-0.25, -0.2) is 10.9 Å². The van der Waals surface area contributed by atoms with Crippen LogP contribution in [0.5, 0.6) is 0 Å². The Balaban J connectivity index is 1.92. The monoisotopic (exact) mass is 315 g/mol. The number of hydroxylamine groups is 1. The van der Waals surface area contributed by atoms with Crippen molar-refractivity contribution in [3.8, 4) is 0 Å². The highest BCUT2D eigenvalue weighted by molar-refractivity contribution is 5.95. The number of nitrogens with zero attached hydrogens (tertiary/aromatic N) is 1. The molecule has 122 valence electrons. The Morgan fingerprint density at radius 3 is 2.74 bits per heavy atom. The average molecular weight is 315 g/mol. The first-order valence-electron chi connectivity index (χ1n) is 7.75. The topological polar surface area (TPSA) is 90.8 Å². The normalized spacial score (nSPS) is 15.9. The molecule has 1 aromatic rings. The second-order valence-electron chi connectivity index (χ2n) is 5.55. The van der Waals surface area contributed by atoms with Crippen molar-refractivity contribution in [2.75, 3.05) is 0 Å². The Labute approximate surface area is 135 Å². The third-order valence-electron chi connectivity index (χ3n) is 3.79. The Bertz CT molecular complexity index is 605. The quantitative estimate of drug-likeness (QED) is 0.337. The minimum Gasteiger partial charge on any atom is -0.288 e. The number of benzene rings is 1. The van der Waals surface area contributed by atoms with Crippen LogP contribution in [0.4, 0.5) is 0 Å². The number of rotatable bonds is 5. The van der Waals surface area contributed by atoms with Crippen molar-refractivity contribution in [3.05, 3.63) is 41.5 Å². The van der Waals surface area contributed by atoms with Gasteiger partial charge < -0.3 is 0 Å². The van der Waals surface area contributed by atoms with E-state index in [1.807, 2.05) is 6.21 Å². The van der Waals surface area contributed by atoms with Crippen molar-refractivity contribution < 1.29 is 14.8 Å². The molecule has 6 nitrogen and oxygen atoms in total. The number of nitrogens with one attached hydrogen (secondary N) is 2. The van der Waals surface area contributed by atoms with E-state index in [2.05, 4.69) is 10.5 Å². The summed E-state index contributed by atoms with van der Waals surface area (Å²) in [6.07, 6.45) is 10.5. The molecule has 0 spiro atoms. The molecule has 0 atom stereocenters. The first-order chi connectivity index (χ1) is 11.2. The van der Waals surface area contributed by atoms with E-state index < -0.39 is 5.91 Å². The Hall–Kier alpha value is -2.47. The van der Waals surface area contributed by atoms with Crippen LogP contribution in [-0.2, 0) is 4.79 Å². The smallest absolute Gasteiger partial charge is 0.271 e. The van der Waals surface area contributed by atoms with Crippen LogP contribution in [0.2, 0.25) is 0 Å². The second kappa shape index (κ2) is 8.85. The van der Waals surface area contributed by atoms with Gasteiger partial charge in [-0.05, 0) is 42.5 Å². The summed E-state index contributed by atoms with van der Waals surface area (Å²) in [5, 5.41) is 12.5. The van der Waals surface area contributed by atoms with Gasteiger partial charge in [0.2, 0.25) is 0 Å². The number of hydrogen-bond acceptors (Lipinski definition) is 4. The molecule has 0 saturated heterocycles. The van der Waals surface area contributed by atoms with Crippen LogP contribution in [0.1, 0.15) is 48.0 Å². The molecule has 0 bridgehead atoms. The first kappa shape index (κ1) is 16.9. The van der Waals surface area contributed by atoms with E-state index in [0.717, 1.165) is 12.8 Å². The van der Waals surface area contributed by atoms with E-state index >= 15 is 0 Å². The van der Waals surface area contributed by atoms with Crippen LogP contribution in [0, 0.1) is 5.92 Å². The maximum Gasteiger partial charge on any atom is 0.271 e. The zero-order chi connectivity index (χ0) is 16.5. The molecule has 0 radical (unpaired) electrons. The molecule has 0 aromatic heterocycles. The molecule has 0 aliphatic heterocycles. The van der Waals surface area contributed by atoms with E-state index in [1.54, 1.807) is 24.3 Å². The van der Waals surface area contributed by atoms with Crippen LogP contribution in [0.15, 0.2) is 35.4 Å². The fraction of sp³-hybridized carbons (Fsp3) is 0.353. The van der Waals surface area contributed by atoms with Crippen LogP contribution in [0.25, 0.3) is 6.08 Å². The van der Waals surface area contributed by atoms with Crippen molar-refractivity contribution in [3.63, 3.8) is 0 Å². The maximum atomic E-state index is 12.1. The predicted octanol–water partition coefficient (Wildman–Crippen LogP) is 2.50. The fourth-order valence-electron chi connectivity index (χ4n) is 2.54. The van der Waals surface area contributed by atoms with E-state index in [1.165, 1.54) is 36.9 Å². The third kappa shape index (κ3) is 5.67. The van der Waals surface area contributed by atoms with Gasteiger partial charge in [0.25, 0.3) is 11.8 Å². The molecule has 1 fully saturated rings. The molecule has 6 heteroatoms. The molecular weight excluding hydrogens is 294 g/mol. The summed E-state index contributed by atoms with van der Waals surface area (Å²) in [6.45, 7) is 0. The Morgan fingerprint density at radius 1 is 1.22 bits per heavy atom. The molecule has 1 saturated carbocycles. The highest BCUT2D eigenvalue weighted by Crippen LogP contribution is 2.21. The minimum atomic E-state index is -0.628. The van der Waals surface area contributed by atoms with Crippen molar-refractivity contribution >= 4 is 24.1 Å². The molecule has 0 unspecified atom stereocenters. The van der Waals surface area contributed by atoms with E-state index in [-0.39, 0.29) is 5.91 Å². The molecule has 1 aliphatic rings. The van der Waals surface area contributed by atoms with E-state index in [4.69, 9.17) is 5.21 Å². The molecule has 23 heavy (non-hydrogen) atoms. The van der Waals surface area contributed by atoms with Gasteiger partial charge in [-0.1, -0.05) is 31.4 Å². The lowest BCUT2D eigenvalue weighted by atomic mass is 9.90. The largest absolute Gasteiger partial charge is 0.288 e. The number of carbonyl (C=O) groups is 2. The summed E-state index contributed by atoms with van der Waals surface area (Å²) in [7, 11) is 0. The molecule has 2 rings (SSSR count). The summed E-state index contributed by atoms with van der Waals surface area (Å²) in [5.41, 5.74) is 5.18. The van der Waals surface area contributed by atoms with Crippen molar-refractivity contribution in [2.24, 2.45) is 11.0 Å². The Morgan fingerprint density at radius 2 is 2.00 bits per heavy atom. The summed E-state index contributed by atoms with van der Waals surface area (Å²) < 4.78 is 0. The number of hydrogen-bond donors (Lipinski definition) is 3. The van der Waals surface area contributed by atoms with Crippen LogP contribution in [-0.4, -0.2) is 23.2 Å². The van der Waals surface area contributed by atoms with Gasteiger partial charge in [-0.15, -0.1) is 0 Å².